The molecule has 1 fully saturated rings. The van der Waals surface area contributed by atoms with E-state index in [4.69, 9.17) is 19.4 Å². The maximum Gasteiger partial charge on any atom is 0.323 e. The monoisotopic (exact) mass is 752 g/mol. The number of aliphatic carboxylic acids is 4. The summed E-state index contributed by atoms with van der Waals surface area (Å²) >= 11 is 0. The molecule has 0 aromatic carbocycles. The minimum Gasteiger partial charge on any atom is -0.481 e. The van der Waals surface area contributed by atoms with Crippen LogP contribution in [-0.4, -0.2) is 203 Å². The summed E-state index contributed by atoms with van der Waals surface area (Å²) in [6, 6.07) is -4.16. The largest absolute Gasteiger partial charge is 0.481 e. The standard InChI is InChI=1S/C30H50N4O14.CH4O.CH2O/c1-20(36)21(4-7-25(37)38)31-11-13-32(22(28(43)44)5-8-26(39)40)14-16-34(24(10-19-35)30(46)48-3)18-17-33(15-12-31)23(29(45)47-2)6-9-27(41)42;2*1-2/h21-24,35H,4-19H2,1-3H3,(H,37,38)(H,39,40)(H,41,42)(H,43,44);2H,1H3;1H2. The van der Waals surface area contributed by atoms with E-state index in [1.165, 1.54) is 18.9 Å². The van der Waals surface area contributed by atoms with Crippen molar-refractivity contribution >= 4 is 48.4 Å². The van der Waals surface area contributed by atoms with Crippen LogP contribution in [0.25, 0.3) is 0 Å². The quantitative estimate of drug-likeness (QED) is 0.0786. The number of rotatable bonds is 19. The number of esters is 2. The summed E-state index contributed by atoms with van der Waals surface area (Å²) in [6.45, 7) is 3.27. The average Bonchev–Trinajstić information content (AvgIpc) is 3.10. The van der Waals surface area contributed by atoms with Gasteiger partial charge >= 0.3 is 35.8 Å². The van der Waals surface area contributed by atoms with Crippen LogP contribution in [0.2, 0.25) is 0 Å². The highest BCUT2D eigenvalue weighted by Crippen LogP contribution is 2.18. The van der Waals surface area contributed by atoms with Crippen molar-refractivity contribution in [2.45, 2.75) is 76.0 Å². The molecule has 0 aromatic heterocycles. The molecule has 0 aliphatic carbocycles. The van der Waals surface area contributed by atoms with Crippen LogP contribution in [0.4, 0.5) is 0 Å². The molecule has 4 atom stereocenters. The molecule has 6 N–H and O–H groups in total. The van der Waals surface area contributed by atoms with Crippen molar-refractivity contribution in [3.63, 3.8) is 0 Å². The second-order valence-electron chi connectivity index (χ2n) is 11.5. The number of Topliss-reactive ketones (excluding diaryl/α,β-unsaturated/α-hetero) is 1. The first-order valence-electron chi connectivity index (χ1n) is 16.5. The van der Waals surface area contributed by atoms with Crippen LogP contribution in [-0.2, 0) is 47.8 Å². The van der Waals surface area contributed by atoms with Crippen LogP contribution in [0.5, 0.6) is 0 Å². The molecule has 0 aromatic rings. The van der Waals surface area contributed by atoms with E-state index in [-0.39, 0.29) is 103 Å². The number of carbonyl (C=O) groups is 8. The van der Waals surface area contributed by atoms with Crippen molar-refractivity contribution < 1.29 is 78.5 Å². The molecule has 4 unspecified atom stereocenters. The highest BCUT2D eigenvalue weighted by molar-refractivity contribution is 5.82. The van der Waals surface area contributed by atoms with Gasteiger partial charge in [0.25, 0.3) is 0 Å². The van der Waals surface area contributed by atoms with E-state index in [0.717, 1.165) is 14.2 Å². The van der Waals surface area contributed by atoms with E-state index in [0.29, 0.717) is 0 Å². The zero-order valence-electron chi connectivity index (χ0n) is 30.4. The normalized spacial score (nSPS) is 17.4. The highest BCUT2D eigenvalue weighted by atomic mass is 16.5. The summed E-state index contributed by atoms with van der Waals surface area (Å²) in [4.78, 5) is 99.8. The molecule has 1 saturated heterocycles. The molecular formula is C32H56N4O16. The van der Waals surface area contributed by atoms with Gasteiger partial charge in [-0.25, -0.2) is 0 Å². The van der Waals surface area contributed by atoms with Crippen LogP contribution in [0.3, 0.4) is 0 Å². The van der Waals surface area contributed by atoms with Crippen LogP contribution in [0.1, 0.15) is 51.9 Å². The number of carbonyl (C=O) groups excluding carboxylic acids is 4. The van der Waals surface area contributed by atoms with Gasteiger partial charge < -0.3 is 44.9 Å². The zero-order chi connectivity index (χ0) is 40.4. The molecular weight excluding hydrogens is 696 g/mol. The molecule has 0 bridgehead atoms. The number of hydrogen-bond donors (Lipinski definition) is 6. The van der Waals surface area contributed by atoms with Gasteiger partial charge in [-0.05, 0) is 32.6 Å². The predicted octanol–water partition coefficient (Wildman–Crippen LogP) is -1.90. The third kappa shape index (κ3) is 19.0. The summed E-state index contributed by atoms with van der Waals surface area (Å²) in [6.07, 6.45) is -1.59. The van der Waals surface area contributed by atoms with Gasteiger partial charge in [-0.2, -0.15) is 0 Å². The van der Waals surface area contributed by atoms with E-state index in [1.807, 2.05) is 6.79 Å². The first kappa shape index (κ1) is 50.0. The van der Waals surface area contributed by atoms with E-state index < -0.39 is 66.4 Å². The molecule has 0 spiro atoms. The predicted molar refractivity (Wildman–Crippen MR) is 181 cm³/mol. The van der Waals surface area contributed by atoms with Crippen molar-refractivity contribution in [1.29, 1.82) is 0 Å². The number of ether oxygens (including phenoxy) is 2. The number of methoxy groups -OCH3 is 2. The number of nitrogens with zero attached hydrogens (tertiary/aromatic N) is 4. The Morgan fingerprint density at radius 3 is 1.08 bits per heavy atom. The fourth-order valence-corrected chi connectivity index (χ4v) is 5.90. The van der Waals surface area contributed by atoms with E-state index in [2.05, 4.69) is 0 Å². The van der Waals surface area contributed by atoms with Crippen molar-refractivity contribution in [2.24, 2.45) is 0 Å². The number of carboxylic acids is 4. The minimum atomic E-state index is -1.28. The van der Waals surface area contributed by atoms with Gasteiger partial charge in [0.1, 0.15) is 30.7 Å². The van der Waals surface area contributed by atoms with Crippen LogP contribution >= 0.6 is 0 Å². The molecule has 1 aliphatic rings. The summed E-state index contributed by atoms with van der Waals surface area (Å²) < 4.78 is 9.96. The van der Waals surface area contributed by atoms with E-state index >= 15 is 0 Å². The Hall–Kier alpha value is -4.08. The molecule has 0 saturated carbocycles. The lowest BCUT2D eigenvalue weighted by molar-refractivity contribution is -0.151. The van der Waals surface area contributed by atoms with Gasteiger partial charge in [-0.15, -0.1) is 0 Å². The third-order valence-electron chi connectivity index (χ3n) is 8.46. The lowest BCUT2D eigenvalue weighted by atomic mass is 10.0. The summed E-state index contributed by atoms with van der Waals surface area (Å²) in [7, 11) is 3.34. The maximum atomic E-state index is 12.9. The van der Waals surface area contributed by atoms with E-state index in [1.54, 1.807) is 14.7 Å². The van der Waals surface area contributed by atoms with Crippen LogP contribution in [0, 0.1) is 0 Å². The second kappa shape index (κ2) is 28.5. The summed E-state index contributed by atoms with van der Waals surface area (Å²) in [5, 5.41) is 54.8. The van der Waals surface area contributed by atoms with Crippen molar-refractivity contribution in [3.05, 3.63) is 0 Å². The van der Waals surface area contributed by atoms with Gasteiger partial charge in [0.05, 0.1) is 20.3 Å². The number of aliphatic hydroxyl groups is 2. The molecule has 1 heterocycles. The van der Waals surface area contributed by atoms with Gasteiger partial charge in [0, 0.05) is 85.3 Å². The van der Waals surface area contributed by atoms with Crippen molar-refractivity contribution in [2.75, 3.05) is 80.3 Å². The zero-order valence-corrected chi connectivity index (χ0v) is 30.4. The van der Waals surface area contributed by atoms with Gasteiger partial charge in [-0.3, -0.25) is 53.2 Å². The highest BCUT2D eigenvalue weighted by Gasteiger charge is 2.35. The molecule has 1 rings (SSSR count). The Bertz CT molecular complexity index is 1130. The smallest absolute Gasteiger partial charge is 0.323 e. The number of carboxylic acid groups (broad SMARTS) is 4. The Balaban J connectivity index is 0. The SMILES string of the molecule is C=O.CO.COC(=O)C(CCC(=O)O)N1CCN(C(CCC(=O)O)C(C)=O)CCN(C(CCC(=O)O)C(=O)O)CCN(C(CCO)C(=O)OC)CC1. The van der Waals surface area contributed by atoms with Crippen LogP contribution in [0.15, 0.2) is 0 Å². The second-order valence-corrected chi connectivity index (χ2v) is 11.5. The lowest BCUT2D eigenvalue weighted by Crippen LogP contribution is -2.56. The fraction of sp³-hybridized carbons (Fsp3) is 0.750. The molecule has 1 aliphatic heterocycles. The number of ketones is 1. The van der Waals surface area contributed by atoms with Gasteiger partial charge in [-0.1, -0.05) is 0 Å². The van der Waals surface area contributed by atoms with Gasteiger partial charge in [0.15, 0.2) is 0 Å². The fourth-order valence-electron chi connectivity index (χ4n) is 5.90. The topological polar surface area (TPSA) is 289 Å². The first-order valence-corrected chi connectivity index (χ1v) is 16.5. The summed E-state index contributed by atoms with van der Waals surface area (Å²) in [5.41, 5.74) is 0. The van der Waals surface area contributed by atoms with Crippen molar-refractivity contribution in [1.82, 2.24) is 19.6 Å². The third-order valence-corrected chi connectivity index (χ3v) is 8.46. The molecule has 0 amide bonds. The minimum absolute atomic E-state index is 0.00264. The Morgan fingerprint density at radius 1 is 0.538 bits per heavy atom. The Labute approximate surface area is 302 Å². The molecule has 0 radical (unpaired) electrons. The average molecular weight is 753 g/mol. The molecule has 52 heavy (non-hydrogen) atoms. The lowest BCUT2D eigenvalue weighted by Gasteiger charge is -2.40. The number of hydrogen-bond acceptors (Lipinski definition) is 16. The van der Waals surface area contributed by atoms with Gasteiger partial charge in [0.2, 0.25) is 0 Å². The van der Waals surface area contributed by atoms with Crippen molar-refractivity contribution in [3.8, 4) is 0 Å². The molecule has 20 heteroatoms. The number of aliphatic hydroxyl groups excluding tert-OH is 2. The van der Waals surface area contributed by atoms with E-state index in [9.17, 15) is 59.1 Å². The summed E-state index contributed by atoms with van der Waals surface area (Å²) in [5.74, 6) is -6.45. The van der Waals surface area contributed by atoms with Crippen LogP contribution < -0.4 is 0 Å². The Kier molecular flexibility index (Phi) is 27.4. The Morgan fingerprint density at radius 2 is 0.808 bits per heavy atom. The molecule has 300 valence electrons. The maximum absolute atomic E-state index is 12.9. The molecule has 20 nitrogen and oxygen atoms in total. The first-order chi connectivity index (χ1) is 24.7.